The van der Waals surface area contributed by atoms with E-state index in [-0.39, 0.29) is 17.3 Å². The highest BCUT2D eigenvalue weighted by Crippen LogP contribution is 2.37. The van der Waals surface area contributed by atoms with Crippen LogP contribution in [0.3, 0.4) is 0 Å². The van der Waals surface area contributed by atoms with Crippen molar-refractivity contribution in [2.45, 2.75) is 51.8 Å². The van der Waals surface area contributed by atoms with Gasteiger partial charge in [0.05, 0.1) is 22.4 Å². The van der Waals surface area contributed by atoms with E-state index < -0.39 is 6.61 Å². The number of halogens is 3. The maximum absolute atomic E-state index is 12.5. The first-order valence-electron chi connectivity index (χ1n) is 8.32. The van der Waals surface area contributed by atoms with Crippen LogP contribution in [0.15, 0.2) is 28.9 Å². The minimum atomic E-state index is -2.86. The maximum Gasteiger partial charge on any atom is 0.387 e. The summed E-state index contributed by atoms with van der Waals surface area (Å²) in [7, 11) is 0. The summed E-state index contributed by atoms with van der Waals surface area (Å²) in [5, 5.41) is 0. The molecule has 0 aliphatic carbocycles. The standard InChI is InChI=1S/C18H22BrF2N3O/c1-18(2,3)24-8-4-5-14(24)16-22-10-13(23-16)11-6-7-12(19)15(9-11)25-17(20)21/h6-7,9-10,14,17H,4-5,8H2,1-3H3,(H,22,23)/t14-/m0/s1. The quantitative estimate of drug-likeness (QED) is 0.731. The molecule has 136 valence electrons. The maximum atomic E-state index is 12.5. The molecule has 1 aliphatic heterocycles. The first-order valence-corrected chi connectivity index (χ1v) is 9.11. The normalized spacial score (nSPS) is 18.9. The van der Waals surface area contributed by atoms with Crippen LogP contribution in [-0.2, 0) is 0 Å². The summed E-state index contributed by atoms with van der Waals surface area (Å²) in [6.45, 7) is 4.81. The lowest BCUT2D eigenvalue weighted by Gasteiger charge is -2.36. The molecule has 1 saturated heterocycles. The smallest absolute Gasteiger partial charge is 0.387 e. The van der Waals surface area contributed by atoms with Gasteiger partial charge in [0.2, 0.25) is 0 Å². The Hall–Kier alpha value is -1.47. The van der Waals surface area contributed by atoms with Crippen molar-refractivity contribution in [2.24, 2.45) is 0 Å². The lowest BCUT2D eigenvalue weighted by molar-refractivity contribution is -0.0503. The van der Waals surface area contributed by atoms with E-state index in [4.69, 9.17) is 0 Å². The summed E-state index contributed by atoms with van der Waals surface area (Å²) in [5.74, 6) is 1.03. The van der Waals surface area contributed by atoms with E-state index in [1.54, 1.807) is 18.3 Å². The molecule has 1 fully saturated rings. The Labute approximate surface area is 154 Å². The molecule has 2 heterocycles. The van der Waals surface area contributed by atoms with Crippen LogP contribution < -0.4 is 4.74 Å². The van der Waals surface area contributed by atoms with Gasteiger partial charge in [-0.2, -0.15) is 8.78 Å². The van der Waals surface area contributed by atoms with Crippen molar-refractivity contribution in [1.29, 1.82) is 0 Å². The second-order valence-corrected chi connectivity index (χ2v) is 8.08. The van der Waals surface area contributed by atoms with Crippen LogP contribution in [0, 0.1) is 0 Å². The Morgan fingerprint density at radius 2 is 2.12 bits per heavy atom. The first-order chi connectivity index (χ1) is 11.8. The van der Waals surface area contributed by atoms with Gasteiger partial charge in [-0.3, -0.25) is 4.90 Å². The van der Waals surface area contributed by atoms with Crippen LogP contribution in [0.5, 0.6) is 5.75 Å². The number of nitrogens with zero attached hydrogens (tertiary/aromatic N) is 2. The number of ether oxygens (including phenoxy) is 1. The Kier molecular flexibility index (Phi) is 5.16. The van der Waals surface area contributed by atoms with Crippen LogP contribution in [0.1, 0.15) is 45.5 Å². The highest BCUT2D eigenvalue weighted by atomic mass is 79.9. The fraction of sp³-hybridized carbons (Fsp3) is 0.500. The topological polar surface area (TPSA) is 41.2 Å². The summed E-state index contributed by atoms with van der Waals surface area (Å²) >= 11 is 3.23. The minimum absolute atomic E-state index is 0.0734. The Morgan fingerprint density at radius 1 is 1.36 bits per heavy atom. The van der Waals surface area contributed by atoms with Gasteiger partial charge in [-0.1, -0.05) is 6.07 Å². The average molecular weight is 414 g/mol. The second kappa shape index (κ2) is 7.03. The summed E-state index contributed by atoms with van der Waals surface area (Å²) in [5.41, 5.74) is 1.63. The second-order valence-electron chi connectivity index (χ2n) is 7.23. The molecule has 0 radical (unpaired) electrons. The lowest BCUT2D eigenvalue weighted by Crippen LogP contribution is -2.40. The number of H-pyrrole nitrogens is 1. The number of rotatable bonds is 4. The summed E-state index contributed by atoms with van der Waals surface area (Å²) in [6, 6.07) is 5.38. The first kappa shape index (κ1) is 18.3. The summed E-state index contributed by atoms with van der Waals surface area (Å²) in [4.78, 5) is 10.4. The average Bonchev–Trinajstić information content (AvgIpc) is 3.16. The van der Waals surface area contributed by atoms with E-state index in [0.717, 1.165) is 36.5 Å². The van der Waals surface area contributed by atoms with Crippen molar-refractivity contribution >= 4 is 15.9 Å². The van der Waals surface area contributed by atoms with E-state index in [0.29, 0.717) is 4.47 Å². The molecule has 1 N–H and O–H groups in total. The third-order valence-electron chi connectivity index (χ3n) is 4.48. The minimum Gasteiger partial charge on any atom is -0.434 e. The molecule has 4 nitrogen and oxygen atoms in total. The van der Waals surface area contributed by atoms with Crippen molar-refractivity contribution in [3.8, 4) is 17.0 Å². The molecule has 0 amide bonds. The van der Waals surface area contributed by atoms with E-state index >= 15 is 0 Å². The van der Waals surface area contributed by atoms with E-state index in [2.05, 4.69) is 56.3 Å². The van der Waals surface area contributed by atoms with Crippen LogP contribution in [-0.4, -0.2) is 33.6 Å². The van der Waals surface area contributed by atoms with Crippen LogP contribution in [0.25, 0.3) is 11.3 Å². The number of alkyl halides is 2. The molecule has 25 heavy (non-hydrogen) atoms. The molecule has 1 aliphatic rings. The molecule has 0 unspecified atom stereocenters. The number of hydrogen-bond donors (Lipinski definition) is 1. The number of imidazole rings is 1. The highest BCUT2D eigenvalue weighted by molar-refractivity contribution is 9.10. The Morgan fingerprint density at radius 3 is 2.80 bits per heavy atom. The zero-order valence-electron chi connectivity index (χ0n) is 14.5. The lowest BCUT2D eigenvalue weighted by atomic mass is 10.0. The third kappa shape index (κ3) is 4.03. The largest absolute Gasteiger partial charge is 0.434 e. The monoisotopic (exact) mass is 413 g/mol. The third-order valence-corrected chi connectivity index (χ3v) is 5.14. The van der Waals surface area contributed by atoms with Crippen molar-refractivity contribution in [2.75, 3.05) is 6.54 Å². The molecule has 1 aromatic heterocycles. The van der Waals surface area contributed by atoms with Gasteiger partial charge in [-0.15, -0.1) is 0 Å². The van der Waals surface area contributed by atoms with Gasteiger partial charge in [0, 0.05) is 11.1 Å². The van der Waals surface area contributed by atoms with E-state index in [1.807, 2.05) is 6.07 Å². The SMILES string of the molecule is CC(C)(C)N1CCC[C@H]1c1ncc(-c2ccc(Br)c(OC(F)F)c2)[nH]1. The van der Waals surface area contributed by atoms with Gasteiger partial charge in [0.25, 0.3) is 0 Å². The molecule has 0 saturated carbocycles. The molecule has 1 atom stereocenters. The van der Waals surface area contributed by atoms with Gasteiger partial charge in [-0.25, -0.2) is 4.98 Å². The number of aromatic amines is 1. The Bertz CT molecular complexity index is 742. The molecular weight excluding hydrogens is 392 g/mol. The number of nitrogens with one attached hydrogen (secondary N) is 1. The fourth-order valence-corrected chi connectivity index (χ4v) is 3.70. The Balaban J connectivity index is 1.87. The van der Waals surface area contributed by atoms with Crippen molar-refractivity contribution < 1.29 is 13.5 Å². The van der Waals surface area contributed by atoms with Crippen molar-refractivity contribution in [3.05, 3.63) is 34.7 Å². The highest BCUT2D eigenvalue weighted by Gasteiger charge is 2.35. The number of hydrogen-bond acceptors (Lipinski definition) is 3. The van der Waals surface area contributed by atoms with E-state index in [1.165, 1.54) is 0 Å². The molecule has 0 bridgehead atoms. The summed E-state index contributed by atoms with van der Waals surface area (Å²) in [6.07, 6.45) is 3.96. The van der Waals surface area contributed by atoms with E-state index in [9.17, 15) is 8.78 Å². The van der Waals surface area contributed by atoms with Crippen molar-refractivity contribution in [3.63, 3.8) is 0 Å². The van der Waals surface area contributed by atoms with Gasteiger partial charge in [0.15, 0.2) is 0 Å². The van der Waals surface area contributed by atoms with Gasteiger partial charge in [-0.05, 0) is 68.2 Å². The number of likely N-dealkylation sites (tertiary alicyclic amines) is 1. The number of aromatic nitrogens is 2. The molecule has 0 spiro atoms. The van der Waals surface area contributed by atoms with Gasteiger partial charge in [0.1, 0.15) is 11.6 Å². The number of benzene rings is 1. The predicted molar refractivity (Wildman–Crippen MR) is 96.8 cm³/mol. The zero-order valence-corrected chi connectivity index (χ0v) is 16.1. The molecule has 1 aromatic carbocycles. The van der Waals surface area contributed by atoms with Crippen LogP contribution in [0.4, 0.5) is 8.78 Å². The van der Waals surface area contributed by atoms with Crippen LogP contribution >= 0.6 is 15.9 Å². The van der Waals surface area contributed by atoms with Crippen LogP contribution in [0.2, 0.25) is 0 Å². The van der Waals surface area contributed by atoms with Crippen molar-refractivity contribution in [1.82, 2.24) is 14.9 Å². The summed E-state index contributed by atoms with van der Waals surface area (Å²) < 4.78 is 30.1. The molecule has 2 aromatic rings. The predicted octanol–water partition coefficient (Wildman–Crippen LogP) is 5.38. The molecular formula is C18H22BrF2N3O. The van der Waals surface area contributed by atoms with Gasteiger partial charge < -0.3 is 9.72 Å². The fourth-order valence-electron chi connectivity index (χ4n) is 3.36. The van der Waals surface area contributed by atoms with Gasteiger partial charge >= 0.3 is 6.61 Å². The molecule has 7 heteroatoms. The molecule has 3 rings (SSSR count). The zero-order chi connectivity index (χ0) is 18.2.